The number of aromatic nitrogens is 1. The Bertz CT molecular complexity index is 2720. The highest BCUT2D eigenvalue weighted by molar-refractivity contribution is 6.19. The van der Waals surface area contributed by atoms with E-state index < -0.39 is 5.41 Å². The lowest BCUT2D eigenvalue weighted by Crippen LogP contribution is -2.36. The molecule has 3 nitrogen and oxygen atoms in total. The largest absolute Gasteiger partial charge is 0.278 e. The van der Waals surface area contributed by atoms with Gasteiger partial charge in [-0.05, 0) is 81.1 Å². The van der Waals surface area contributed by atoms with Crippen LogP contribution in [0.15, 0.2) is 186 Å². The van der Waals surface area contributed by atoms with E-state index in [0.717, 1.165) is 29.8 Å². The number of nitrogens with zero attached hydrogens (tertiary/aromatic N) is 3. The van der Waals surface area contributed by atoms with Gasteiger partial charge >= 0.3 is 0 Å². The van der Waals surface area contributed by atoms with Gasteiger partial charge < -0.3 is 0 Å². The van der Waals surface area contributed by atoms with E-state index in [1.807, 2.05) is 0 Å². The van der Waals surface area contributed by atoms with Crippen LogP contribution in [0.1, 0.15) is 53.5 Å². The van der Waals surface area contributed by atoms with Crippen LogP contribution in [-0.2, 0) is 5.41 Å². The average Bonchev–Trinajstić information content (AvgIpc) is 3.73. The van der Waals surface area contributed by atoms with Crippen molar-refractivity contribution >= 4 is 33.5 Å². The summed E-state index contributed by atoms with van der Waals surface area (Å²) in [5.74, 6) is 1.12. The predicted molar refractivity (Wildman–Crippen MR) is 224 cm³/mol. The molecule has 54 heavy (non-hydrogen) atoms. The van der Waals surface area contributed by atoms with Gasteiger partial charge in [0.25, 0.3) is 0 Å². The van der Waals surface area contributed by atoms with Crippen LogP contribution in [0.5, 0.6) is 0 Å². The Morgan fingerprint density at radius 1 is 0.481 bits per heavy atom. The standard InChI is InChI=1S/C51H39N3/c1-4-16-34(17-5-1)35-28-30-36(31-29-35)49-41-24-11-14-26-46(41)52-50(53-49)54-47-27-15-12-23-40(47)43-32-42-39-22-10-13-25-44(39)51(45(42)33-48(43)54,37-18-6-2-7-19-37)38-20-8-3-9-21-38/h1-10,12-13,15-23,25,27-33,41,46H,11,14,24,26H2. The zero-order valence-corrected chi connectivity index (χ0v) is 30.1. The van der Waals surface area contributed by atoms with Crippen molar-refractivity contribution in [2.24, 2.45) is 15.9 Å². The smallest absolute Gasteiger partial charge is 0.230 e. The molecule has 0 saturated heterocycles. The summed E-state index contributed by atoms with van der Waals surface area (Å²) in [6.45, 7) is 0. The van der Waals surface area contributed by atoms with Crippen molar-refractivity contribution in [2.75, 3.05) is 0 Å². The summed E-state index contributed by atoms with van der Waals surface area (Å²) in [6, 6.07) is 64.8. The van der Waals surface area contributed by atoms with Gasteiger partial charge in [0.15, 0.2) is 0 Å². The summed E-state index contributed by atoms with van der Waals surface area (Å²) in [5, 5.41) is 2.45. The molecule has 1 fully saturated rings. The molecule has 2 unspecified atom stereocenters. The van der Waals surface area contributed by atoms with Crippen molar-refractivity contribution in [3.63, 3.8) is 0 Å². The van der Waals surface area contributed by atoms with Crippen LogP contribution < -0.4 is 0 Å². The second kappa shape index (κ2) is 12.4. The van der Waals surface area contributed by atoms with E-state index >= 15 is 0 Å². The number of hydrogen-bond acceptors (Lipinski definition) is 2. The summed E-state index contributed by atoms with van der Waals surface area (Å²) in [7, 11) is 0. The lowest BCUT2D eigenvalue weighted by atomic mass is 9.67. The molecule has 2 heterocycles. The first-order valence-electron chi connectivity index (χ1n) is 19.4. The summed E-state index contributed by atoms with van der Waals surface area (Å²) in [5.41, 5.74) is 14.4. The van der Waals surface area contributed by atoms with Crippen LogP contribution in [0.3, 0.4) is 0 Å². The molecule has 7 aromatic carbocycles. The summed E-state index contributed by atoms with van der Waals surface area (Å²) >= 11 is 0. The number of hydrogen-bond donors (Lipinski definition) is 0. The van der Waals surface area contributed by atoms with Gasteiger partial charge in [-0.15, -0.1) is 0 Å². The monoisotopic (exact) mass is 693 g/mol. The molecule has 0 N–H and O–H groups in total. The maximum absolute atomic E-state index is 5.60. The maximum Gasteiger partial charge on any atom is 0.230 e. The maximum atomic E-state index is 5.60. The van der Waals surface area contributed by atoms with Gasteiger partial charge in [0.05, 0.1) is 28.2 Å². The molecular formula is C51H39N3. The van der Waals surface area contributed by atoms with Crippen LogP contribution >= 0.6 is 0 Å². The fourth-order valence-corrected chi connectivity index (χ4v) is 9.92. The Morgan fingerprint density at radius 2 is 1.09 bits per heavy atom. The van der Waals surface area contributed by atoms with Crippen molar-refractivity contribution < 1.29 is 0 Å². The zero-order valence-electron chi connectivity index (χ0n) is 30.1. The van der Waals surface area contributed by atoms with E-state index in [-0.39, 0.29) is 6.04 Å². The molecule has 0 amide bonds. The number of aliphatic imine (C=N–C) groups is 2. The Kier molecular flexibility index (Phi) is 7.16. The first-order valence-corrected chi connectivity index (χ1v) is 19.4. The molecule has 8 aromatic rings. The Labute approximate surface area is 316 Å². The van der Waals surface area contributed by atoms with Gasteiger partial charge in [-0.2, -0.15) is 0 Å². The van der Waals surface area contributed by atoms with Crippen molar-refractivity contribution in [2.45, 2.75) is 37.1 Å². The number of benzene rings is 7. The minimum Gasteiger partial charge on any atom is -0.278 e. The van der Waals surface area contributed by atoms with E-state index in [4.69, 9.17) is 9.98 Å². The molecule has 3 aliphatic rings. The molecule has 1 aromatic heterocycles. The molecule has 11 rings (SSSR count). The van der Waals surface area contributed by atoms with Gasteiger partial charge in [0.1, 0.15) is 0 Å². The average molecular weight is 694 g/mol. The van der Waals surface area contributed by atoms with Gasteiger partial charge in [-0.25, -0.2) is 9.98 Å². The first kappa shape index (κ1) is 31.2. The highest BCUT2D eigenvalue weighted by Crippen LogP contribution is 2.57. The predicted octanol–water partition coefficient (Wildman–Crippen LogP) is 12.1. The third-order valence-electron chi connectivity index (χ3n) is 12.3. The van der Waals surface area contributed by atoms with E-state index in [1.54, 1.807) is 0 Å². The van der Waals surface area contributed by atoms with Crippen LogP contribution in [0.4, 0.5) is 0 Å². The second-order valence-corrected chi connectivity index (χ2v) is 15.1. The highest BCUT2D eigenvalue weighted by atomic mass is 15.2. The van der Waals surface area contributed by atoms with Gasteiger partial charge in [0.2, 0.25) is 5.96 Å². The molecule has 258 valence electrons. The molecule has 2 atom stereocenters. The lowest BCUT2D eigenvalue weighted by molar-refractivity contribution is 0.378. The van der Waals surface area contributed by atoms with Crippen LogP contribution in [0, 0.1) is 5.92 Å². The number of para-hydroxylation sites is 1. The molecule has 1 aliphatic heterocycles. The fourth-order valence-electron chi connectivity index (χ4n) is 9.92. The van der Waals surface area contributed by atoms with Gasteiger partial charge in [0, 0.05) is 16.7 Å². The minimum absolute atomic E-state index is 0.206. The van der Waals surface area contributed by atoms with Crippen molar-refractivity contribution in [3.05, 3.63) is 204 Å². The first-order chi connectivity index (χ1) is 26.8. The molecular weight excluding hydrogens is 655 g/mol. The van der Waals surface area contributed by atoms with Crippen molar-refractivity contribution in [3.8, 4) is 22.3 Å². The third-order valence-corrected chi connectivity index (χ3v) is 12.3. The number of rotatable bonds is 4. The molecule has 3 heteroatoms. The second-order valence-electron chi connectivity index (χ2n) is 15.1. The van der Waals surface area contributed by atoms with Crippen molar-refractivity contribution in [1.29, 1.82) is 0 Å². The van der Waals surface area contributed by atoms with Crippen LogP contribution in [0.25, 0.3) is 44.1 Å². The molecule has 1 saturated carbocycles. The zero-order chi connectivity index (χ0) is 35.6. The SMILES string of the molecule is c1ccc(-c2ccc(C3=NC(n4c5ccccc5c5cc6c(cc54)C(c4ccccc4)(c4ccccc4)c4ccccc4-6)=NC4CCCCC34)cc2)cc1. The van der Waals surface area contributed by atoms with Crippen molar-refractivity contribution in [1.82, 2.24) is 4.57 Å². The van der Waals surface area contributed by atoms with Crippen LogP contribution in [0.2, 0.25) is 0 Å². The Morgan fingerprint density at radius 3 is 1.85 bits per heavy atom. The van der Waals surface area contributed by atoms with E-state index in [1.165, 1.54) is 79.4 Å². The minimum atomic E-state index is -0.484. The summed E-state index contributed by atoms with van der Waals surface area (Å²) in [4.78, 5) is 11.2. The van der Waals surface area contributed by atoms with Gasteiger partial charge in [-0.1, -0.05) is 171 Å². The van der Waals surface area contributed by atoms with Gasteiger partial charge in [-0.3, -0.25) is 4.57 Å². The van der Waals surface area contributed by atoms with Crippen LogP contribution in [-0.4, -0.2) is 22.3 Å². The molecule has 0 spiro atoms. The molecule has 0 radical (unpaired) electrons. The van der Waals surface area contributed by atoms with E-state index in [9.17, 15) is 0 Å². The fraction of sp³-hybridized carbons (Fsp3) is 0.137. The molecule has 0 bridgehead atoms. The third kappa shape index (κ3) is 4.61. The molecule has 2 aliphatic carbocycles. The van der Waals surface area contributed by atoms with E-state index in [2.05, 4.69) is 180 Å². The number of fused-ring (bicyclic) bond motifs is 7. The normalized spacial score (nSPS) is 18.4. The summed E-state index contributed by atoms with van der Waals surface area (Å²) in [6.07, 6.45) is 4.63. The summed E-state index contributed by atoms with van der Waals surface area (Å²) < 4.78 is 2.37. The lowest BCUT2D eigenvalue weighted by Gasteiger charge is -2.34. The highest BCUT2D eigenvalue weighted by Gasteiger charge is 2.46. The topological polar surface area (TPSA) is 29.6 Å². The Balaban J connectivity index is 1.17. The van der Waals surface area contributed by atoms with E-state index in [0.29, 0.717) is 5.92 Å². The Hall–Kier alpha value is -6.32. The quantitative estimate of drug-likeness (QED) is 0.176.